The van der Waals surface area contributed by atoms with Gasteiger partial charge in [-0.2, -0.15) is 0 Å². The summed E-state index contributed by atoms with van der Waals surface area (Å²) in [5.74, 6) is -1.04. The van der Waals surface area contributed by atoms with Crippen LogP contribution in [0.1, 0.15) is 46.6 Å². The summed E-state index contributed by atoms with van der Waals surface area (Å²) in [6.07, 6.45) is -9.44. The van der Waals surface area contributed by atoms with Crippen LogP contribution < -0.4 is 0 Å². The lowest BCUT2D eigenvalue weighted by molar-refractivity contribution is -0.399. The number of carbonyl (C=O) groups excluding carboxylic acids is 1. The monoisotopic (exact) mass is 710 g/mol. The molecule has 0 bridgehead atoms. The van der Waals surface area contributed by atoms with Crippen molar-refractivity contribution in [2.75, 3.05) is 13.2 Å². The van der Waals surface area contributed by atoms with Gasteiger partial charge in [0.15, 0.2) is 31.3 Å². The number of benzene rings is 4. The van der Waals surface area contributed by atoms with Crippen LogP contribution >= 0.6 is 0 Å². The molecule has 12 atom stereocenters. The first-order valence-corrected chi connectivity index (χ1v) is 17.7. The van der Waals surface area contributed by atoms with Crippen molar-refractivity contribution < 1.29 is 52.5 Å². The molecule has 6 unspecified atom stereocenters. The van der Waals surface area contributed by atoms with Crippen LogP contribution in [0, 0.1) is 5.92 Å². The Kier molecular flexibility index (Phi) is 10.7. The summed E-state index contributed by atoms with van der Waals surface area (Å²) >= 11 is 0. The average Bonchev–Trinajstić information content (AvgIpc) is 3.20. The maximum atomic E-state index is 13.5. The Bertz CT molecular complexity index is 1730. The predicted octanol–water partition coefficient (Wildman–Crippen LogP) is 5.49. The second-order valence-corrected chi connectivity index (χ2v) is 13.4. The first-order valence-electron chi connectivity index (χ1n) is 17.7. The van der Waals surface area contributed by atoms with Gasteiger partial charge in [-0.1, -0.05) is 116 Å². The summed E-state index contributed by atoms with van der Waals surface area (Å²) in [6.45, 7) is 2.59. The molecule has 4 aromatic rings. The van der Waals surface area contributed by atoms with Gasteiger partial charge in [0.25, 0.3) is 0 Å². The molecule has 11 nitrogen and oxygen atoms in total. The third-order valence-electron chi connectivity index (χ3n) is 9.89. The number of aliphatic hydroxyl groups is 1. The molecule has 4 heterocycles. The van der Waals surface area contributed by atoms with Crippen molar-refractivity contribution in [2.45, 2.75) is 81.4 Å². The SMILES string of the molecule is CC1[C@H](OCc2ccccc2)OC2COC(c3ccccc3)O[C@@H]2[C@@H]1O[C@@H]1OC2COC(c3ccccc3)O[C@@H]2[C@H](O)C1OC(=O)c1ccccc1. The second-order valence-electron chi connectivity index (χ2n) is 13.4. The van der Waals surface area contributed by atoms with Crippen molar-refractivity contribution in [3.8, 4) is 0 Å². The number of aliphatic hydroxyl groups excluding tert-OH is 1. The van der Waals surface area contributed by atoms with Crippen LogP contribution in [-0.2, 0) is 49.2 Å². The summed E-state index contributed by atoms with van der Waals surface area (Å²) in [6, 6.07) is 37.5. The van der Waals surface area contributed by atoms with E-state index in [-0.39, 0.29) is 13.2 Å². The number of hydrogen-bond donors (Lipinski definition) is 1. The highest BCUT2D eigenvalue weighted by Gasteiger charge is 2.56. The lowest BCUT2D eigenvalue weighted by Gasteiger charge is -2.51. The van der Waals surface area contributed by atoms with E-state index in [0.29, 0.717) is 12.2 Å². The lowest BCUT2D eigenvalue weighted by atomic mass is 9.90. The van der Waals surface area contributed by atoms with Crippen LogP contribution in [0.5, 0.6) is 0 Å². The molecule has 272 valence electrons. The molecule has 4 saturated heterocycles. The Hall–Kier alpha value is -4.01. The van der Waals surface area contributed by atoms with Gasteiger partial charge in [0.05, 0.1) is 31.5 Å². The van der Waals surface area contributed by atoms with E-state index in [4.69, 9.17) is 42.6 Å². The smallest absolute Gasteiger partial charge is 0.338 e. The van der Waals surface area contributed by atoms with Crippen LogP contribution in [-0.4, -0.2) is 79.6 Å². The summed E-state index contributed by atoms with van der Waals surface area (Å²) in [5, 5.41) is 12.0. The number of rotatable bonds is 9. The van der Waals surface area contributed by atoms with E-state index in [1.807, 2.05) is 97.9 Å². The molecule has 4 fully saturated rings. The number of carbonyl (C=O) groups is 1. The molecule has 0 amide bonds. The minimum atomic E-state index is -1.32. The molecule has 0 radical (unpaired) electrons. The Morgan fingerprint density at radius 2 is 1.17 bits per heavy atom. The summed E-state index contributed by atoms with van der Waals surface area (Å²) in [4.78, 5) is 13.5. The van der Waals surface area contributed by atoms with Crippen LogP contribution in [0.4, 0.5) is 0 Å². The van der Waals surface area contributed by atoms with Crippen LogP contribution in [0.25, 0.3) is 0 Å². The van der Waals surface area contributed by atoms with E-state index in [0.717, 1.165) is 16.7 Å². The van der Waals surface area contributed by atoms with E-state index in [9.17, 15) is 9.90 Å². The van der Waals surface area contributed by atoms with Crippen molar-refractivity contribution in [1.82, 2.24) is 0 Å². The van der Waals surface area contributed by atoms with Gasteiger partial charge >= 0.3 is 5.97 Å². The van der Waals surface area contributed by atoms with Gasteiger partial charge in [0.1, 0.15) is 30.5 Å². The van der Waals surface area contributed by atoms with E-state index in [1.165, 1.54) is 0 Å². The minimum Gasteiger partial charge on any atom is -0.450 e. The van der Waals surface area contributed by atoms with E-state index >= 15 is 0 Å². The predicted molar refractivity (Wildman–Crippen MR) is 184 cm³/mol. The van der Waals surface area contributed by atoms with Crippen LogP contribution in [0.3, 0.4) is 0 Å². The molecule has 0 saturated carbocycles. The van der Waals surface area contributed by atoms with Crippen LogP contribution in [0.2, 0.25) is 0 Å². The summed E-state index contributed by atoms with van der Waals surface area (Å²) in [7, 11) is 0. The zero-order valence-electron chi connectivity index (χ0n) is 28.6. The molecule has 1 N–H and O–H groups in total. The Morgan fingerprint density at radius 3 is 1.79 bits per heavy atom. The number of hydrogen-bond acceptors (Lipinski definition) is 11. The largest absolute Gasteiger partial charge is 0.450 e. The topological polar surface area (TPSA) is 120 Å². The van der Waals surface area contributed by atoms with Crippen molar-refractivity contribution in [1.29, 1.82) is 0 Å². The lowest BCUT2D eigenvalue weighted by Crippen LogP contribution is -2.66. The maximum absolute atomic E-state index is 13.5. The molecule has 4 aromatic carbocycles. The highest BCUT2D eigenvalue weighted by Crippen LogP contribution is 2.41. The van der Waals surface area contributed by atoms with Gasteiger partial charge < -0.3 is 47.7 Å². The summed E-state index contributed by atoms with van der Waals surface area (Å²) in [5.41, 5.74) is 2.94. The standard InChI is InChI=1S/C41H42O11/c1-25-33(35-31(24-46-40(52-35)29-20-12-5-13-21-29)47-38(25)44-22-26-14-6-2-7-15-26)50-41-36(49-37(43)27-16-8-3-9-17-27)32(42)34-30(48-41)23-45-39(51-34)28-18-10-4-11-19-28/h2-21,25,30-36,38-42H,22-24H2,1H3/t25?,30?,31?,32-,33+,34-,35-,36?,38+,39?,40?,41-/m0/s1. The molecular formula is C41H42O11. The van der Waals surface area contributed by atoms with E-state index < -0.39 is 79.8 Å². The van der Waals surface area contributed by atoms with Crippen molar-refractivity contribution >= 4 is 5.97 Å². The van der Waals surface area contributed by atoms with E-state index in [2.05, 4.69) is 0 Å². The van der Waals surface area contributed by atoms with E-state index in [1.54, 1.807) is 30.3 Å². The average molecular weight is 711 g/mol. The normalized spacial score (nSPS) is 34.4. The summed E-state index contributed by atoms with van der Waals surface area (Å²) < 4.78 is 57.3. The molecule has 4 aliphatic heterocycles. The molecule has 0 aliphatic carbocycles. The van der Waals surface area contributed by atoms with Gasteiger partial charge in [0, 0.05) is 17.0 Å². The van der Waals surface area contributed by atoms with Gasteiger partial charge in [0.2, 0.25) is 0 Å². The third kappa shape index (κ3) is 7.56. The molecule has 0 spiro atoms. The number of esters is 1. The maximum Gasteiger partial charge on any atom is 0.338 e. The first kappa shape index (κ1) is 35.0. The van der Waals surface area contributed by atoms with Crippen molar-refractivity contribution in [2.24, 2.45) is 5.92 Å². The first-order chi connectivity index (χ1) is 25.5. The zero-order valence-corrected chi connectivity index (χ0v) is 28.6. The number of fused-ring (bicyclic) bond motifs is 2. The Morgan fingerprint density at radius 1 is 0.654 bits per heavy atom. The highest BCUT2D eigenvalue weighted by molar-refractivity contribution is 5.89. The van der Waals surface area contributed by atoms with Gasteiger partial charge in [-0.05, 0) is 17.7 Å². The number of ether oxygens (including phenoxy) is 9. The molecule has 0 aromatic heterocycles. The third-order valence-corrected chi connectivity index (χ3v) is 9.89. The fourth-order valence-electron chi connectivity index (χ4n) is 7.13. The fraction of sp³-hybridized carbons (Fsp3) is 0.390. The van der Waals surface area contributed by atoms with Crippen molar-refractivity contribution in [3.63, 3.8) is 0 Å². The molecule has 8 rings (SSSR count). The van der Waals surface area contributed by atoms with Gasteiger partial charge in [-0.25, -0.2) is 4.79 Å². The Balaban J connectivity index is 1.08. The second kappa shape index (κ2) is 15.9. The highest BCUT2D eigenvalue weighted by atomic mass is 16.8. The molecule has 52 heavy (non-hydrogen) atoms. The van der Waals surface area contributed by atoms with Crippen LogP contribution in [0.15, 0.2) is 121 Å². The molecule has 4 aliphatic rings. The molecule has 11 heteroatoms. The zero-order chi connectivity index (χ0) is 35.4. The molecular weight excluding hydrogens is 668 g/mol. The van der Waals surface area contributed by atoms with Gasteiger partial charge in [-0.3, -0.25) is 0 Å². The minimum absolute atomic E-state index is 0.110. The Labute approximate surface area is 302 Å². The van der Waals surface area contributed by atoms with Gasteiger partial charge in [-0.15, -0.1) is 0 Å². The fourth-order valence-corrected chi connectivity index (χ4v) is 7.13. The van der Waals surface area contributed by atoms with Crippen molar-refractivity contribution in [3.05, 3.63) is 144 Å². The quantitative estimate of drug-likeness (QED) is 0.222.